The van der Waals surface area contributed by atoms with Crippen LogP contribution in [-0.2, 0) is 9.59 Å². The molecule has 0 spiro atoms. The van der Waals surface area contributed by atoms with Crippen LogP contribution >= 0.6 is 0 Å². The van der Waals surface area contributed by atoms with E-state index < -0.39 is 0 Å². The summed E-state index contributed by atoms with van der Waals surface area (Å²) in [5.41, 5.74) is 1.31. The molecule has 0 fully saturated rings. The first kappa shape index (κ1) is 12.5. The molecule has 1 aliphatic rings. The van der Waals surface area contributed by atoms with E-state index in [1.807, 2.05) is 6.07 Å². The third-order valence-electron chi connectivity index (χ3n) is 3.28. The molecule has 0 aliphatic carbocycles. The lowest BCUT2D eigenvalue weighted by atomic mass is 9.85. The van der Waals surface area contributed by atoms with Gasteiger partial charge in [-0.3, -0.25) is 14.5 Å². The molecule has 0 saturated carbocycles. The number of hydrogen-bond donors (Lipinski definition) is 0. The average molecular weight is 245 g/mol. The summed E-state index contributed by atoms with van der Waals surface area (Å²) in [6.45, 7) is 1.51. The van der Waals surface area contributed by atoms with E-state index in [9.17, 15) is 14.4 Å². The first-order chi connectivity index (χ1) is 8.52. The normalized spacial score (nSPS) is 18.8. The Morgan fingerprint density at radius 3 is 2.61 bits per heavy atom. The molecule has 2 rings (SSSR count). The van der Waals surface area contributed by atoms with E-state index in [1.54, 1.807) is 18.2 Å². The molecule has 1 aliphatic heterocycles. The molecule has 1 aromatic carbocycles. The van der Waals surface area contributed by atoms with Gasteiger partial charge in [0.25, 0.3) is 5.91 Å². The van der Waals surface area contributed by atoms with Crippen molar-refractivity contribution in [3.8, 4) is 0 Å². The highest BCUT2D eigenvalue weighted by molar-refractivity contribution is 6.11. The summed E-state index contributed by atoms with van der Waals surface area (Å²) in [4.78, 5) is 36.3. The number of amides is 2. The van der Waals surface area contributed by atoms with Crippen LogP contribution in [0.2, 0.25) is 0 Å². The number of nitrogens with zero attached hydrogens (tertiary/aromatic N) is 1. The van der Waals surface area contributed by atoms with Gasteiger partial charge in [0.2, 0.25) is 5.91 Å². The highest BCUT2D eigenvalue weighted by Crippen LogP contribution is 2.31. The first-order valence-corrected chi connectivity index (χ1v) is 5.92. The zero-order valence-corrected chi connectivity index (χ0v) is 10.5. The van der Waals surface area contributed by atoms with Crippen LogP contribution in [0, 0.1) is 0 Å². The molecule has 94 valence electrons. The lowest BCUT2D eigenvalue weighted by molar-refractivity contribution is -0.130. The third-order valence-corrected chi connectivity index (χ3v) is 3.28. The number of rotatable bonds is 3. The Balaban J connectivity index is 2.39. The van der Waals surface area contributed by atoms with Crippen LogP contribution in [0.25, 0.3) is 0 Å². The second-order valence-corrected chi connectivity index (χ2v) is 4.58. The van der Waals surface area contributed by atoms with Crippen molar-refractivity contribution in [2.75, 3.05) is 7.05 Å². The average Bonchev–Trinajstić information content (AvgIpc) is 2.36. The summed E-state index contributed by atoms with van der Waals surface area (Å²) in [6.07, 6.45) is 0.815. The van der Waals surface area contributed by atoms with Gasteiger partial charge in [-0.2, -0.15) is 0 Å². The molecule has 1 atom stereocenters. The predicted octanol–water partition coefficient (Wildman–Crippen LogP) is 1.75. The largest absolute Gasteiger partial charge is 0.300 e. The maximum atomic E-state index is 12.1. The Kier molecular flexibility index (Phi) is 3.28. The molecular weight excluding hydrogens is 230 g/mol. The smallest absolute Gasteiger partial charge is 0.260 e. The fraction of sp³-hybridized carbons (Fsp3) is 0.357. The van der Waals surface area contributed by atoms with Gasteiger partial charge in [-0.1, -0.05) is 18.2 Å². The molecule has 0 aromatic heterocycles. The van der Waals surface area contributed by atoms with Gasteiger partial charge in [-0.05, 0) is 25.0 Å². The van der Waals surface area contributed by atoms with E-state index in [0.717, 1.165) is 10.5 Å². The van der Waals surface area contributed by atoms with E-state index in [0.29, 0.717) is 18.4 Å². The Labute approximate surface area is 106 Å². The fourth-order valence-corrected chi connectivity index (χ4v) is 2.27. The van der Waals surface area contributed by atoms with Crippen molar-refractivity contribution in [2.24, 2.45) is 0 Å². The van der Waals surface area contributed by atoms with Crippen LogP contribution in [0.4, 0.5) is 0 Å². The molecule has 4 nitrogen and oxygen atoms in total. The Morgan fingerprint density at radius 1 is 1.28 bits per heavy atom. The number of benzene rings is 1. The van der Waals surface area contributed by atoms with E-state index in [4.69, 9.17) is 0 Å². The lowest BCUT2D eigenvalue weighted by Crippen LogP contribution is -2.42. The first-order valence-electron chi connectivity index (χ1n) is 5.92. The van der Waals surface area contributed by atoms with Gasteiger partial charge >= 0.3 is 0 Å². The Bertz CT molecular complexity index is 522. The fourth-order valence-electron chi connectivity index (χ4n) is 2.27. The molecule has 0 bridgehead atoms. The number of likely N-dealkylation sites (N-methyl/N-ethyl adjacent to an activating group) is 1. The Morgan fingerprint density at radius 2 is 1.94 bits per heavy atom. The molecule has 4 heteroatoms. The van der Waals surface area contributed by atoms with Crippen molar-refractivity contribution in [2.45, 2.75) is 25.7 Å². The zero-order chi connectivity index (χ0) is 13.3. The van der Waals surface area contributed by atoms with Crippen LogP contribution < -0.4 is 0 Å². The van der Waals surface area contributed by atoms with Gasteiger partial charge in [-0.25, -0.2) is 0 Å². The number of hydrogen-bond acceptors (Lipinski definition) is 3. The van der Waals surface area contributed by atoms with Crippen molar-refractivity contribution < 1.29 is 14.4 Å². The molecule has 0 unspecified atom stereocenters. The lowest BCUT2D eigenvalue weighted by Gasteiger charge is -2.29. The summed E-state index contributed by atoms with van der Waals surface area (Å²) in [5.74, 6) is -0.817. The molecule has 0 radical (unpaired) electrons. The van der Waals surface area contributed by atoms with E-state index in [-0.39, 0.29) is 23.5 Å². The molecule has 0 N–H and O–H groups in total. The molecule has 1 heterocycles. The molecule has 2 amide bonds. The number of Topliss-reactive ketones (excluding diaryl/α,β-unsaturated/α-hetero) is 1. The van der Waals surface area contributed by atoms with Crippen LogP contribution in [-0.4, -0.2) is 29.5 Å². The molecule has 18 heavy (non-hydrogen) atoms. The van der Waals surface area contributed by atoms with Gasteiger partial charge in [0, 0.05) is 19.0 Å². The van der Waals surface area contributed by atoms with Crippen LogP contribution in [0.5, 0.6) is 0 Å². The third kappa shape index (κ3) is 2.06. The summed E-state index contributed by atoms with van der Waals surface area (Å²) >= 11 is 0. The van der Waals surface area contributed by atoms with Gasteiger partial charge in [0.05, 0.1) is 5.92 Å². The van der Waals surface area contributed by atoms with Gasteiger partial charge in [0.15, 0.2) is 0 Å². The number of imide groups is 1. The monoisotopic (exact) mass is 245 g/mol. The highest BCUT2D eigenvalue weighted by Gasteiger charge is 2.35. The van der Waals surface area contributed by atoms with Crippen LogP contribution in [0.3, 0.4) is 0 Å². The van der Waals surface area contributed by atoms with Crippen LogP contribution in [0.1, 0.15) is 41.6 Å². The van der Waals surface area contributed by atoms with Crippen molar-refractivity contribution in [1.29, 1.82) is 0 Å². The zero-order valence-electron chi connectivity index (χ0n) is 10.5. The number of fused-ring (bicyclic) bond motifs is 1. The van der Waals surface area contributed by atoms with Gasteiger partial charge in [0.1, 0.15) is 5.78 Å². The topological polar surface area (TPSA) is 54.5 Å². The number of ketones is 1. The van der Waals surface area contributed by atoms with Crippen molar-refractivity contribution in [3.63, 3.8) is 0 Å². The second kappa shape index (κ2) is 4.72. The van der Waals surface area contributed by atoms with Crippen LogP contribution in [0.15, 0.2) is 24.3 Å². The van der Waals surface area contributed by atoms with E-state index in [2.05, 4.69) is 0 Å². The maximum absolute atomic E-state index is 12.1. The summed E-state index contributed by atoms with van der Waals surface area (Å²) < 4.78 is 0. The number of carbonyl (C=O) groups excluding carboxylic acids is 3. The van der Waals surface area contributed by atoms with Gasteiger partial charge < -0.3 is 4.79 Å². The summed E-state index contributed by atoms with van der Waals surface area (Å²) in [5, 5.41) is 0. The Hall–Kier alpha value is -1.97. The van der Waals surface area contributed by atoms with Gasteiger partial charge in [-0.15, -0.1) is 0 Å². The quantitative estimate of drug-likeness (QED) is 0.762. The minimum absolute atomic E-state index is 0.0554. The standard InChI is InChI=1S/C14H15NO3/c1-9(16)7-8-12-10-5-3-4-6-11(10)13(17)15(2)14(12)18/h3-6,12H,7-8H2,1-2H3/t12-/m0/s1. The predicted molar refractivity (Wildman–Crippen MR) is 66.2 cm³/mol. The highest BCUT2D eigenvalue weighted by atomic mass is 16.2. The van der Waals surface area contributed by atoms with Crippen molar-refractivity contribution in [1.82, 2.24) is 4.90 Å². The molecule has 1 aromatic rings. The minimum atomic E-state index is -0.382. The van der Waals surface area contributed by atoms with E-state index >= 15 is 0 Å². The summed E-state index contributed by atoms with van der Waals surface area (Å²) in [6, 6.07) is 7.11. The number of carbonyl (C=O) groups is 3. The molecular formula is C14H15NO3. The maximum Gasteiger partial charge on any atom is 0.260 e. The summed E-state index contributed by atoms with van der Waals surface area (Å²) in [7, 11) is 1.49. The van der Waals surface area contributed by atoms with E-state index in [1.165, 1.54) is 14.0 Å². The second-order valence-electron chi connectivity index (χ2n) is 4.58. The SMILES string of the molecule is CC(=O)CC[C@@H]1C(=O)N(C)C(=O)c2ccccc21. The molecule has 0 saturated heterocycles. The van der Waals surface area contributed by atoms with Crippen molar-refractivity contribution in [3.05, 3.63) is 35.4 Å². The van der Waals surface area contributed by atoms with Crippen molar-refractivity contribution >= 4 is 17.6 Å². The minimum Gasteiger partial charge on any atom is -0.300 e.